The van der Waals surface area contributed by atoms with Gasteiger partial charge >= 0.3 is 12.2 Å². The van der Waals surface area contributed by atoms with Gasteiger partial charge in [0.1, 0.15) is 6.10 Å². The van der Waals surface area contributed by atoms with Gasteiger partial charge in [-0.2, -0.15) is 18.2 Å². The van der Waals surface area contributed by atoms with Crippen LogP contribution in [0.25, 0.3) is 0 Å². The first-order chi connectivity index (χ1) is 10.0. The molecule has 0 atom stereocenters. The van der Waals surface area contributed by atoms with E-state index in [9.17, 15) is 13.2 Å². The van der Waals surface area contributed by atoms with Crippen molar-refractivity contribution in [2.75, 3.05) is 26.3 Å². The molecule has 0 aliphatic carbocycles. The smallest absolute Gasteiger partial charge is 0.433 e. The lowest BCUT2D eigenvalue weighted by atomic mass is 10.0. The minimum atomic E-state index is -4.48. The highest BCUT2D eigenvalue weighted by Gasteiger charge is 2.34. The van der Waals surface area contributed by atoms with Gasteiger partial charge in [0.2, 0.25) is 0 Å². The fourth-order valence-corrected chi connectivity index (χ4v) is 2.50. The Balaban J connectivity index is 1.55. The monoisotopic (exact) mass is 303 g/mol. The Labute approximate surface area is 120 Å². The number of rotatable bonds is 3. The summed E-state index contributed by atoms with van der Waals surface area (Å²) in [6.07, 6.45) is -2.02. The molecule has 116 valence electrons. The second-order valence-electron chi connectivity index (χ2n) is 5.27. The summed E-state index contributed by atoms with van der Waals surface area (Å²) >= 11 is 0. The van der Waals surface area contributed by atoms with Gasteiger partial charge in [0.05, 0.1) is 19.3 Å². The second kappa shape index (κ2) is 5.76. The highest BCUT2D eigenvalue weighted by Crippen LogP contribution is 2.28. The van der Waals surface area contributed by atoms with Crippen LogP contribution < -0.4 is 4.74 Å². The summed E-state index contributed by atoms with van der Waals surface area (Å²) in [4.78, 5) is 9.52. The summed E-state index contributed by atoms with van der Waals surface area (Å²) < 4.78 is 48.3. The van der Waals surface area contributed by atoms with Gasteiger partial charge in [-0.1, -0.05) is 0 Å². The number of ether oxygens (including phenoxy) is 2. The first kappa shape index (κ1) is 14.5. The number of piperidine rings is 1. The molecule has 21 heavy (non-hydrogen) atoms. The average molecular weight is 303 g/mol. The van der Waals surface area contributed by atoms with Gasteiger partial charge in [0.25, 0.3) is 0 Å². The maximum absolute atomic E-state index is 12.6. The van der Waals surface area contributed by atoms with E-state index < -0.39 is 11.9 Å². The Bertz CT molecular complexity index is 486. The Morgan fingerprint density at radius 2 is 1.95 bits per heavy atom. The van der Waals surface area contributed by atoms with Gasteiger partial charge in [-0.05, 0) is 18.9 Å². The van der Waals surface area contributed by atoms with Crippen molar-refractivity contribution in [2.24, 2.45) is 0 Å². The molecule has 0 bridgehead atoms. The van der Waals surface area contributed by atoms with E-state index in [1.54, 1.807) is 0 Å². The van der Waals surface area contributed by atoms with Crippen LogP contribution >= 0.6 is 0 Å². The fraction of sp³-hybridized carbons (Fsp3) is 0.692. The molecule has 3 rings (SSSR count). The quantitative estimate of drug-likeness (QED) is 0.851. The minimum absolute atomic E-state index is 0.134. The van der Waals surface area contributed by atoms with Crippen molar-refractivity contribution < 1.29 is 22.6 Å². The fourth-order valence-electron chi connectivity index (χ4n) is 2.50. The molecule has 0 amide bonds. The third-order valence-corrected chi connectivity index (χ3v) is 3.81. The highest BCUT2D eigenvalue weighted by molar-refractivity contribution is 5.09. The van der Waals surface area contributed by atoms with Crippen LogP contribution in [-0.2, 0) is 10.9 Å². The van der Waals surface area contributed by atoms with E-state index in [4.69, 9.17) is 9.47 Å². The predicted molar refractivity (Wildman–Crippen MR) is 66.9 cm³/mol. The normalized spacial score (nSPS) is 22.0. The van der Waals surface area contributed by atoms with Crippen molar-refractivity contribution in [3.05, 3.63) is 18.0 Å². The van der Waals surface area contributed by atoms with Crippen molar-refractivity contribution in [3.63, 3.8) is 0 Å². The second-order valence-corrected chi connectivity index (χ2v) is 5.27. The molecule has 0 saturated carbocycles. The van der Waals surface area contributed by atoms with E-state index >= 15 is 0 Å². The van der Waals surface area contributed by atoms with E-state index in [-0.39, 0.29) is 12.1 Å². The lowest BCUT2D eigenvalue weighted by molar-refractivity contribution is -0.141. The van der Waals surface area contributed by atoms with Crippen molar-refractivity contribution in [1.82, 2.24) is 14.9 Å². The van der Waals surface area contributed by atoms with Crippen LogP contribution in [0.1, 0.15) is 18.5 Å². The number of halogens is 3. The topological polar surface area (TPSA) is 47.5 Å². The molecule has 3 heterocycles. The third-order valence-electron chi connectivity index (χ3n) is 3.81. The molecule has 2 fully saturated rings. The molecule has 0 aromatic carbocycles. The third kappa shape index (κ3) is 3.44. The van der Waals surface area contributed by atoms with Gasteiger partial charge in [0, 0.05) is 19.3 Å². The van der Waals surface area contributed by atoms with Gasteiger partial charge in [-0.25, -0.2) is 4.98 Å². The molecule has 0 unspecified atom stereocenters. The summed E-state index contributed by atoms with van der Waals surface area (Å²) in [5.41, 5.74) is -0.975. The Morgan fingerprint density at radius 1 is 1.24 bits per heavy atom. The Kier molecular flexibility index (Phi) is 3.99. The molecule has 1 aromatic heterocycles. The zero-order valence-electron chi connectivity index (χ0n) is 11.3. The van der Waals surface area contributed by atoms with Crippen molar-refractivity contribution >= 4 is 0 Å². The molecule has 1 aromatic rings. The van der Waals surface area contributed by atoms with Crippen molar-refractivity contribution in [2.45, 2.75) is 31.2 Å². The number of alkyl halides is 3. The average Bonchev–Trinajstić information content (AvgIpc) is 2.38. The number of hydrogen-bond acceptors (Lipinski definition) is 5. The zero-order chi connectivity index (χ0) is 14.9. The number of likely N-dealkylation sites (tertiary alicyclic amines) is 1. The first-order valence-corrected chi connectivity index (χ1v) is 6.91. The van der Waals surface area contributed by atoms with Crippen LogP contribution in [0.5, 0.6) is 6.01 Å². The van der Waals surface area contributed by atoms with Crippen LogP contribution in [0.3, 0.4) is 0 Å². The summed E-state index contributed by atoms with van der Waals surface area (Å²) in [7, 11) is 0. The molecule has 0 radical (unpaired) electrons. The van der Waals surface area contributed by atoms with Crippen molar-refractivity contribution in [1.29, 1.82) is 0 Å². The lowest BCUT2D eigenvalue weighted by Gasteiger charge is -2.41. The van der Waals surface area contributed by atoms with E-state index in [1.165, 1.54) is 0 Å². The van der Waals surface area contributed by atoms with Gasteiger partial charge in [-0.15, -0.1) is 0 Å². The number of aromatic nitrogens is 2. The van der Waals surface area contributed by atoms with Crippen LogP contribution in [0.15, 0.2) is 12.3 Å². The van der Waals surface area contributed by atoms with Gasteiger partial charge < -0.3 is 9.47 Å². The molecular formula is C13H16F3N3O2. The standard InChI is InChI=1S/C13H16F3N3O2/c14-13(15,16)11-1-4-17-12(18-11)21-10-2-5-19(6-3-10)9-7-20-8-9/h1,4,9-10H,2-3,5-8H2. The lowest BCUT2D eigenvalue weighted by Crippen LogP contribution is -2.53. The Morgan fingerprint density at radius 3 is 2.52 bits per heavy atom. The number of hydrogen-bond donors (Lipinski definition) is 0. The van der Waals surface area contributed by atoms with Crippen LogP contribution in [0.2, 0.25) is 0 Å². The largest absolute Gasteiger partial charge is 0.460 e. The molecular weight excluding hydrogens is 287 g/mol. The molecule has 0 N–H and O–H groups in total. The summed E-state index contributed by atoms with van der Waals surface area (Å²) in [5.74, 6) is 0. The van der Waals surface area contributed by atoms with Crippen molar-refractivity contribution in [3.8, 4) is 6.01 Å². The van der Waals surface area contributed by atoms with Crippen LogP contribution in [0.4, 0.5) is 13.2 Å². The van der Waals surface area contributed by atoms with Crippen LogP contribution in [-0.4, -0.2) is 53.3 Å². The predicted octanol–water partition coefficient (Wildman–Crippen LogP) is 1.74. The maximum Gasteiger partial charge on any atom is 0.433 e. The maximum atomic E-state index is 12.6. The number of nitrogens with zero attached hydrogens (tertiary/aromatic N) is 3. The highest BCUT2D eigenvalue weighted by atomic mass is 19.4. The zero-order valence-corrected chi connectivity index (χ0v) is 11.3. The SMILES string of the molecule is FC(F)(F)c1ccnc(OC2CCN(C3COC3)CC2)n1. The first-order valence-electron chi connectivity index (χ1n) is 6.91. The molecule has 2 aliphatic heterocycles. The molecule has 2 aliphatic rings. The summed E-state index contributed by atoms with van der Waals surface area (Å²) in [6.45, 7) is 3.25. The van der Waals surface area contributed by atoms with E-state index in [1.807, 2.05) is 0 Å². The van der Waals surface area contributed by atoms with Gasteiger partial charge in [0.15, 0.2) is 5.69 Å². The molecule has 2 saturated heterocycles. The van der Waals surface area contributed by atoms with E-state index in [2.05, 4.69) is 14.9 Å². The molecule has 0 spiro atoms. The van der Waals surface area contributed by atoms with Crippen LogP contribution in [0, 0.1) is 0 Å². The molecule has 8 heteroatoms. The summed E-state index contributed by atoms with van der Waals surface area (Å²) in [6, 6.07) is 1.12. The summed E-state index contributed by atoms with van der Waals surface area (Å²) in [5, 5.41) is 0. The minimum Gasteiger partial charge on any atom is -0.460 e. The molecule has 5 nitrogen and oxygen atoms in total. The van der Waals surface area contributed by atoms with E-state index in [0.29, 0.717) is 6.04 Å². The van der Waals surface area contributed by atoms with E-state index in [0.717, 1.165) is 51.4 Å². The Hall–Kier alpha value is -1.41. The van der Waals surface area contributed by atoms with Gasteiger partial charge in [-0.3, -0.25) is 4.90 Å².